The summed E-state index contributed by atoms with van der Waals surface area (Å²) in [5, 5.41) is 3.47. The van der Waals surface area contributed by atoms with E-state index >= 15 is 0 Å². The number of hydrogen-bond donors (Lipinski definition) is 1. The minimum atomic E-state index is -0.479. The van der Waals surface area contributed by atoms with Gasteiger partial charge in [0.1, 0.15) is 5.82 Å². The van der Waals surface area contributed by atoms with E-state index in [0.29, 0.717) is 20.9 Å². The maximum Gasteiger partial charge on any atom is 0.224 e. The molecular formula is C15H11BrCl2FNO. The van der Waals surface area contributed by atoms with Crippen LogP contribution in [0.25, 0.3) is 0 Å². The van der Waals surface area contributed by atoms with Gasteiger partial charge in [0.25, 0.3) is 0 Å². The molecule has 0 aliphatic rings. The second-order valence-corrected chi connectivity index (χ2v) is 6.15. The summed E-state index contributed by atoms with van der Waals surface area (Å²) in [6, 6.07) is 9.69. The van der Waals surface area contributed by atoms with Gasteiger partial charge < -0.3 is 5.32 Å². The first-order chi connectivity index (χ1) is 9.95. The lowest BCUT2D eigenvalue weighted by atomic mass is 10.1. The number of anilines is 1. The summed E-state index contributed by atoms with van der Waals surface area (Å²) in [5.41, 5.74) is 1.06. The zero-order chi connectivity index (χ0) is 15.4. The predicted octanol–water partition coefficient (Wildman–Crippen LogP) is 5.47. The van der Waals surface area contributed by atoms with Crippen molar-refractivity contribution >= 4 is 50.7 Å². The Morgan fingerprint density at radius 3 is 2.57 bits per heavy atom. The van der Waals surface area contributed by atoms with Crippen LogP contribution in [0.1, 0.15) is 12.0 Å². The van der Waals surface area contributed by atoms with Crippen molar-refractivity contribution in [3.05, 3.63) is 62.3 Å². The maximum absolute atomic E-state index is 13.6. The molecule has 0 radical (unpaired) electrons. The Morgan fingerprint density at radius 1 is 1.14 bits per heavy atom. The molecule has 110 valence electrons. The van der Waals surface area contributed by atoms with E-state index in [9.17, 15) is 9.18 Å². The highest BCUT2D eigenvalue weighted by Gasteiger charge is 2.08. The van der Waals surface area contributed by atoms with Crippen LogP contribution in [0.3, 0.4) is 0 Å². The van der Waals surface area contributed by atoms with Gasteiger partial charge >= 0.3 is 0 Å². The van der Waals surface area contributed by atoms with E-state index in [2.05, 4.69) is 21.2 Å². The Hall–Kier alpha value is -1.10. The predicted molar refractivity (Wildman–Crippen MR) is 87.5 cm³/mol. The third-order valence-corrected chi connectivity index (χ3v) is 4.06. The Labute approximate surface area is 140 Å². The molecule has 0 aromatic heterocycles. The van der Waals surface area contributed by atoms with Crippen LogP contribution in [0.4, 0.5) is 10.1 Å². The fraction of sp³-hybridized carbons (Fsp3) is 0.133. The number of hydrogen-bond acceptors (Lipinski definition) is 1. The molecule has 6 heteroatoms. The Kier molecular flexibility index (Phi) is 5.62. The molecule has 0 spiro atoms. The van der Waals surface area contributed by atoms with Gasteiger partial charge in [-0.1, -0.05) is 45.2 Å². The summed E-state index contributed by atoms with van der Waals surface area (Å²) in [4.78, 5) is 11.8. The number of halogens is 4. The van der Waals surface area contributed by atoms with Crippen LogP contribution in [0.5, 0.6) is 0 Å². The van der Waals surface area contributed by atoms with Gasteiger partial charge in [-0.2, -0.15) is 0 Å². The molecule has 0 atom stereocenters. The average Bonchev–Trinajstić information content (AvgIpc) is 2.43. The van der Waals surface area contributed by atoms with E-state index in [1.54, 1.807) is 18.2 Å². The normalized spacial score (nSPS) is 10.5. The van der Waals surface area contributed by atoms with Gasteiger partial charge in [0.05, 0.1) is 15.7 Å². The van der Waals surface area contributed by atoms with Gasteiger partial charge in [-0.3, -0.25) is 4.79 Å². The molecule has 0 heterocycles. The summed E-state index contributed by atoms with van der Waals surface area (Å²) in [6.07, 6.45) is 0.730. The van der Waals surface area contributed by atoms with Crippen molar-refractivity contribution in [1.29, 1.82) is 0 Å². The van der Waals surface area contributed by atoms with Gasteiger partial charge in [0, 0.05) is 10.9 Å². The highest BCUT2D eigenvalue weighted by atomic mass is 79.9. The second kappa shape index (κ2) is 7.25. The molecule has 0 aliphatic heterocycles. The van der Waals surface area contributed by atoms with Crippen molar-refractivity contribution in [2.75, 3.05) is 5.32 Å². The van der Waals surface area contributed by atoms with Gasteiger partial charge in [0.2, 0.25) is 5.91 Å². The largest absolute Gasteiger partial charge is 0.324 e. The van der Waals surface area contributed by atoms with Gasteiger partial charge in [-0.15, -0.1) is 0 Å². The van der Waals surface area contributed by atoms with E-state index in [0.717, 1.165) is 5.56 Å². The number of nitrogens with one attached hydrogen (secondary N) is 1. The minimum Gasteiger partial charge on any atom is -0.324 e. The molecule has 2 nitrogen and oxygen atoms in total. The highest BCUT2D eigenvalue weighted by molar-refractivity contribution is 9.10. The lowest BCUT2D eigenvalue weighted by Crippen LogP contribution is -2.13. The lowest BCUT2D eigenvalue weighted by Gasteiger charge is -2.07. The fourth-order valence-electron chi connectivity index (χ4n) is 1.76. The van der Waals surface area contributed by atoms with E-state index in [4.69, 9.17) is 23.2 Å². The van der Waals surface area contributed by atoms with Crippen LogP contribution in [0.2, 0.25) is 10.0 Å². The molecule has 2 rings (SSSR count). The summed E-state index contributed by atoms with van der Waals surface area (Å²) < 4.78 is 14.2. The first-order valence-electron chi connectivity index (χ1n) is 6.14. The van der Waals surface area contributed by atoms with Crippen LogP contribution in [-0.4, -0.2) is 5.91 Å². The molecule has 1 amide bonds. The van der Waals surface area contributed by atoms with Crippen molar-refractivity contribution in [3.63, 3.8) is 0 Å². The smallest absolute Gasteiger partial charge is 0.224 e. The molecule has 0 aliphatic carbocycles. The van der Waals surface area contributed by atoms with Crippen molar-refractivity contribution in [3.8, 4) is 0 Å². The summed E-state index contributed by atoms with van der Waals surface area (Å²) in [5.74, 6) is -0.741. The molecule has 2 aromatic carbocycles. The zero-order valence-corrected chi connectivity index (χ0v) is 13.9. The van der Waals surface area contributed by atoms with Gasteiger partial charge in [-0.25, -0.2) is 4.39 Å². The van der Waals surface area contributed by atoms with Crippen molar-refractivity contribution in [2.24, 2.45) is 0 Å². The minimum absolute atomic E-state index is 0.164. The summed E-state index contributed by atoms with van der Waals surface area (Å²) >= 11 is 14.9. The average molecular weight is 391 g/mol. The number of carbonyl (C=O) groups excluding carboxylic acids is 1. The Morgan fingerprint density at radius 2 is 1.90 bits per heavy atom. The molecule has 0 bridgehead atoms. The van der Waals surface area contributed by atoms with E-state index in [-0.39, 0.29) is 18.0 Å². The standard InChI is InChI=1S/C15H11BrCl2FNO/c16-10-3-5-14(13(19)8-10)20-15(21)6-2-9-1-4-11(17)12(18)7-9/h1,3-5,7-8H,2,6H2,(H,20,21). The van der Waals surface area contributed by atoms with Crippen LogP contribution in [-0.2, 0) is 11.2 Å². The fourth-order valence-corrected chi connectivity index (χ4v) is 2.41. The second-order valence-electron chi connectivity index (χ2n) is 4.42. The van der Waals surface area contributed by atoms with Crippen LogP contribution in [0, 0.1) is 5.82 Å². The molecule has 2 aromatic rings. The van der Waals surface area contributed by atoms with E-state index in [1.165, 1.54) is 12.1 Å². The maximum atomic E-state index is 13.6. The monoisotopic (exact) mass is 389 g/mol. The Bertz CT molecular complexity index is 679. The van der Waals surface area contributed by atoms with Crippen LogP contribution in [0.15, 0.2) is 40.9 Å². The highest BCUT2D eigenvalue weighted by Crippen LogP contribution is 2.23. The van der Waals surface area contributed by atoms with Gasteiger partial charge in [-0.05, 0) is 42.3 Å². The van der Waals surface area contributed by atoms with Crippen LogP contribution >= 0.6 is 39.1 Å². The lowest BCUT2D eigenvalue weighted by molar-refractivity contribution is -0.116. The molecule has 21 heavy (non-hydrogen) atoms. The quantitative estimate of drug-likeness (QED) is 0.737. The first kappa shape index (κ1) is 16.3. The third kappa shape index (κ3) is 4.70. The topological polar surface area (TPSA) is 29.1 Å². The number of rotatable bonds is 4. The number of benzene rings is 2. The molecular weight excluding hydrogens is 380 g/mol. The van der Waals surface area contributed by atoms with Crippen molar-refractivity contribution in [2.45, 2.75) is 12.8 Å². The first-order valence-corrected chi connectivity index (χ1v) is 7.69. The Balaban J connectivity index is 1.94. The molecule has 0 unspecified atom stereocenters. The zero-order valence-electron chi connectivity index (χ0n) is 10.8. The summed E-state index contributed by atoms with van der Waals surface area (Å²) in [6.45, 7) is 0. The number of carbonyl (C=O) groups is 1. The van der Waals surface area contributed by atoms with Crippen molar-refractivity contribution in [1.82, 2.24) is 0 Å². The van der Waals surface area contributed by atoms with Crippen molar-refractivity contribution < 1.29 is 9.18 Å². The van der Waals surface area contributed by atoms with Crippen LogP contribution < -0.4 is 5.32 Å². The molecule has 0 saturated heterocycles. The SMILES string of the molecule is O=C(CCc1ccc(Cl)c(Cl)c1)Nc1ccc(Br)cc1F. The molecule has 0 fully saturated rings. The molecule has 1 N–H and O–H groups in total. The number of aryl methyl sites for hydroxylation is 1. The van der Waals surface area contributed by atoms with E-state index in [1.807, 2.05) is 6.07 Å². The molecule has 0 saturated carbocycles. The van der Waals surface area contributed by atoms with E-state index < -0.39 is 5.82 Å². The number of amides is 1. The third-order valence-electron chi connectivity index (χ3n) is 2.83. The summed E-state index contributed by atoms with van der Waals surface area (Å²) in [7, 11) is 0. The van der Waals surface area contributed by atoms with Gasteiger partial charge in [0.15, 0.2) is 0 Å².